The summed E-state index contributed by atoms with van der Waals surface area (Å²) in [5, 5.41) is 3.26. The highest BCUT2D eigenvalue weighted by atomic mass is 35.5. The maximum atomic E-state index is 13.5. The molecule has 3 rings (SSSR count). The van der Waals surface area contributed by atoms with Gasteiger partial charge in [0, 0.05) is 37.2 Å². The Morgan fingerprint density at radius 2 is 1.88 bits per heavy atom. The van der Waals surface area contributed by atoms with E-state index in [4.69, 9.17) is 21.1 Å². The van der Waals surface area contributed by atoms with Gasteiger partial charge in [0.25, 0.3) is 0 Å². The lowest BCUT2D eigenvalue weighted by Crippen LogP contribution is -2.52. The fourth-order valence-electron chi connectivity index (χ4n) is 4.39. The quantitative estimate of drug-likeness (QED) is 0.575. The fourth-order valence-corrected chi connectivity index (χ4v) is 6.40. The smallest absolute Gasteiger partial charge is 0.407 e. The molecule has 0 saturated carbocycles. The van der Waals surface area contributed by atoms with Crippen LogP contribution in [-0.4, -0.2) is 81.8 Å². The van der Waals surface area contributed by atoms with Crippen molar-refractivity contribution in [3.05, 3.63) is 29.3 Å². The van der Waals surface area contributed by atoms with Gasteiger partial charge in [-0.25, -0.2) is 13.2 Å². The summed E-state index contributed by atoms with van der Waals surface area (Å²) in [5.41, 5.74) is 0. The zero-order chi connectivity index (χ0) is 23.0. The van der Waals surface area contributed by atoms with Crippen LogP contribution in [0, 0.1) is 0 Å². The third-order valence-electron chi connectivity index (χ3n) is 6.01. The van der Waals surface area contributed by atoms with Crippen LogP contribution in [0.3, 0.4) is 0 Å². The molecule has 1 amide bonds. The number of hydrogen-bond donors (Lipinski definition) is 1. The van der Waals surface area contributed by atoms with Gasteiger partial charge in [-0.2, -0.15) is 4.31 Å². The molecule has 8 nitrogen and oxygen atoms in total. The molecule has 0 aliphatic carbocycles. The van der Waals surface area contributed by atoms with Crippen molar-refractivity contribution in [2.75, 3.05) is 46.0 Å². The SMILES string of the molecule is CCC[C@H]1CCC[C@@H](COC(=O)NCCN2CCOCC2)N1S(=O)(=O)c1ccc(Cl)cc1. The number of ether oxygens (including phenoxy) is 2. The number of piperidine rings is 1. The summed E-state index contributed by atoms with van der Waals surface area (Å²) in [4.78, 5) is 14.7. The summed E-state index contributed by atoms with van der Waals surface area (Å²) < 4.78 is 39.3. The van der Waals surface area contributed by atoms with E-state index in [0.717, 1.165) is 45.3 Å². The first kappa shape index (κ1) is 25.2. The number of benzene rings is 1. The van der Waals surface area contributed by atoms with E-state index in [-0.39, 0.29) is 23.6 Å². The minimum absolute atomic E-state index is 0.0381. The van der Waals surface area contributed by atoms with Crippen LogP contribution in [-0.2, 0) is 19.5 Å². The monoisotopic (exact) mass is 487 g/mol. The van der Waals surface area contributed by atoms with Crippen LogP contribution < -0.4 is 5.32 Å². The molecule has 32 heavy (non-hydrogen) atoms. The minimum Gasteiger partial charge on any atom is -0.448 e. The maximum absolute atomic E-state index is 13.5. The van der Waals surface area contributed by atoms with Crippen LogP contribution in [0.15, 0.2) is 29.2 Å². The first-order valence-corrected chi connectivity index (χ1v) is 13.2. The van der Waals surface area contributed by atoms with Crippen LogP contribution in [0.2, 0.25) is 5.02 Å². The second-order valence-corrected chi connectivity index (χ2v) is 10.6. The average molecular weight is 488 g/mol. The Labute approximate surface area is 196 Å². The molecule has 2 heterocycles. The minimum atomic E-state index is -3.73. The third kappa shape index (κ3) is 6.81. The highest BCUT2D eigenvalue weighted by Crippen LogP contribution is 2.32. The maximum Gasteiger partial charge on any atom is 0.407 e. The molecule has 2 aliphatic heterocycles. The van der Waals surface area contributed by atoms with E-state index in [2.05, 4.69) is 17.1 Å². The molecule has 0 bridgehead atoms. The Balaban J connectivity index is 1.61. The van der Waals surface area contributed by atoms with Gasteiger partial charge >= 0.3 is 6.09 Å². The fraction of sp³-hybridized carbons (Fsp3) is 0.682. The summed E-state index contributed by atoms with van der Waals surface area (Å²) in [6.07, 6.45) is 3.52. The Bertz CT molecular complexity index is 828. The van der Waals surface area contributed by atoms with Crippen molar-refractivity contribution in [1.29, 1.82) is 0 Å². The van der Waals surface area contributed by atoms with E-state index in [1.807, 2.05) is 0 Å². The Hall–Kier alpha value is -1.39. The lowest BCUT2D eigenvalue weighted by molar-refractivity contribution is 0.0379. The molecular weight excluding hydrogens is 454 g/mol. The Morgan fingerprint density at radius 1 is 1.19 bits per heavy atom. The van der Waals surface area contributed by atoms with Gasteiger partial charge in [0.2, 0.25) is 10.0 Å². The molecule has 0 spiro atoms. The predicted octanol–water partition coefficient (Wildman–Crippen LogP) is 3.11. The molecule has 2 aliphatic rings. The highest BCUT2D eigenvalue weighted by Gasteiger charge is 2.40. The lowest BCUT2D eigenvalue weighted by Gasteiger charge is -2.40. The molecule has 0 aromatic heterocycles. The predicted molar refractivity (Wildman–Crippen MR) is 123 cm³/mol. The molecule has 10 heteroatoms. The highest BCUT2D eigenvalue weighted by molar-refractivity contribution is 7.89. The van der Waals surface area contributed by atoms with Gasteiger partial charge in [0.1, 0.15) is 6.61 Å². The number of rotatable bonds is 9. The number of carbonyl (C=O) groups excluding carboxylic acids is 1. The molecule has 180 valence electrons. The molecule has 1 N–H and O–H groups in total. The number of morpholine rings is 1. The second kappa shape index (κ2) is 12.2. The summed E-state index contributed by atoms with van der Waals surface area (Å²) >= 11 is 5.95. The zero-order valence-corrected chi connectivity index (χ0v) is 20.2. The van der Waals surface area contributed by atoms with Crippen molar-refractivity contribution in [3.8, 4) is 0 Å². The summed E-state index contributed by atoms with van der Waals surface area (Å²) in [5.74, 6) is 0. The van der Waals surface area contributed by atoms with Crippen LogP contribution in [0.4, 0.5) is 4.79 Å². The second-order valence-electron chi connectivity index (χ2n) is 8.30. The third-order valence-corrected chi connectivity index (χ3v) is 8.28. The van der Waals surface area contributed by atoms with Crippen molar-refractivity contribution in [2.45, 2.75) is 56.0 Å². The largest absolute Gasteiger partial charge is 0.448 e. The van der Waals surface area contributed by atoms with Gasteiger partial charge in [-0.05, 0) is 43.5 Å². The number of hydrogen-bond acceptors (Lipinski definition) is 6. The van der Waals surface area contributed by atoms with Crippen molar-refractivity contribution in [1.82, 2.24) is 14.5 Å². The van der Waals surface area contributed by atoms with Crippen LogP contribution in [0.5, 0.6) is 0 Å². The summed E-state index contributed by atoms with van der Waals surface area (Å²) in [7, 11) is -3.73. The number of carbonyl (C=O) groups is 1. The lowest BCUT2D eigenvalue weighted by atomic mass is 9.96. The number of halogens is 1. The molecule has 0 unspecified atom stereocenters. The number of amides is 1. The topological polar surface area (TPSA) is 88.2 Å². The van der Waals surface area contributed by atoms with E-state index >= 15 is 0 Å². The first-order valence-electron chi connectivity index (χ1n) is 11.4. The van der Waals surface area contributed by atoms with Crippen LogP contribution in [0.1, 0.15) is 39.0 Å². The van der Waals surface area contributed by atoms with E-state index in [1.54, 1.807) is 16.4 Å². The number of sulfonamides is 1. The van der Waals surface area contributed by atoms with Crippen molar-refractivity contribution >= 4 is 27.7 Å². The van der Waals surface area contributed by atoms with Gasteiger partial charge in [-0.1, -0.05) is 31.4 Å². The summed E-state index contributed by atoms with van der Waals surface area (Å²) in [6, 6.07) is 5.75. The number of nitrogens with zero attached hydrogens (tertiary/aromatic N) is 2. The molecule has 2 saturated heterocycles. The van der Waals surface area contributed by atoms with E-state index in [0.29, 0.717) is 31.2 Å². The number of nitrogens with one attached hydrogen (secondary N) is 1. The van der Waals surface area contributed by atoms with Gasteiger partial charge in [0.15, 0.2) is 0 Å². The van der Waals surface area contributed by atoms with Crippen molar-refractivity contribution in [3.63, 3.8) is 0 Å². The first-order chi connectivity index (χ1) is 15.4. The van der Waals surface area contributed by atoms with E-state index in [1.165, 1.54) is 12.1 Å². The number of alkyl carbamates (subject to hydrolysis) is 1. The molecule has 1 aromatic rings. The molecule has 2 fully saturated rings. The molecule has 0 radical (unpaired) electrons. The standard InChI is InChI=1S/C22H34ClN3O5S/c1-2-4-19-5-3-6-20(26(19)32(28,29)21-9-7-18(23)8-10-21)17-31-22(27)24-11-12-25-13-15-30-16-14-25/h7-10,19-20H,2-6,11-17H2,1H3,(H,24,27)/t19-,20-/m0/s1. The zero-order valence-electron chi connectivity index (χ0n) is 18.7. The Kier molecular flexibility index (Phi) is 9.61. The van der Waals surface area contributed by atoms with Crippen molar-refractivity contribution in [2.24, 2.45) is 0 Å². The van der Waals surface area contributed by atoms with Gasteiger partial charge in [0.05, 0.1) is 24.2 Å². The van der Waals surface area contributed by atoms with Gasteiger partial charge in [-0.3, -0.25) is 4.90 Å². The average Bonchev–Trinajstić information content (AvgIpc) is 2.79. The van der Waals surface area contributed by atoms with Gasteiger partial charge < -0.3 is 14.8 Å². The molecule has 1 aromatic carbocycles. The summed E-state index contributed by atoms with van der Waals surface area (Å²) in [6.45, 7) is 6.44. The van der Waals surface area contributed by atoms with Gasteiger partial charge in [-0.15, -0.1) is 0 Å². The van der Waals surface area contributed by atoms with Crippen molar-refractivity contribution < 1.29 is 22.7 Å². The normalized spacial score (nSPS) is 23.1. The van der Waals surface area contributed by atoms with Crippen LogP contribution in [0.25, 0.3) is 0 Å². The molecular formula is C22H34ClN3O5S. The van der Waals surface area contributed by atoms with E-state index in [9.17, 15) is 13.2 Å². The molecule has 2 atom stereocenters. The van der Waals surface area contributed by atoms with Crippen LogP contribution >= 0.6 is 11.6 Å². The van der Waals surface area contributed by atoms with E-state index < -0.39 is 16.1 Å². The Morgan fingerprint density at radius 3 is 2.56 bits per heavy atom.